The molecule has 0 aliphatic carbocycles. The average molecular weight is 1600 g/mol. The number of para-hydroxylation sites is 2. The number of hydrogen-bond acceptors (Lipinski definition) is 18. The molecular formula is C78H107N19O16S. The van der Waals surface area contributed by atoms with Crippen LogP contribution in [0.5, 0.6) is 0 Å². The molecule has 7 rings (SSSR count). The van der Waals surface area contributed by atoms with E-state index in [1.807, 2.05) is 43.3 Å². The molecule has 616 valence electrons. The summed E-state index contributed by atoms with van der Waals surface area (Å²) in [4.78, 5) is 207. The quantitative estimate of drug-likeness (QED) is 0.0202. The number of carboxylic acids is 1. The number of benzene rings is 4. The van der Waals surface area contributed by atoms with E-state index in [0.29, 0.717) is 57.8 Å². The molecule has 6 aromatic rings. The van der Waals surface area contributed by atoms with Crippen molar-refractivity contribution >= 4 is 133 Å². The van der Waals surface area contributed by atoms with Crippen LogP contribution in [0.3, 0.4) is 0 Å². The number of carboxylic acid groups (broad SMARTS) is 1. The van der Waals surface area contributed by atoms with E-state index >= 15 is 14.4 Å². The Bertz CT molecular complexity index is 4400. The summed E-state index contributed by atoms with van der Waals surface area (Å²) in [5, 5.41) is 65.3. The van der Waals surface area contributed by atoms with Crippen molar-refractivity contribution in [1.29, 1.82) is 5.41 Å². The number of aromatic amines is 2. The van der Waals surface area contributed by atoms with Crippen molar-refractivity contribution in [3.63, 3.8) is 0 Å². The molecule has 0 radical (unpaired) electrons. The van der Waals surface area contributed by atoms with Crippen LogP contribution in [0.2, 0.25) is 0 Å². The van der Waals surface area contributed by atoms with Crippen molar-refractivity contribution in [2.24, 2.45) is 29.0 Å². The molecule has 13 amide bonds. The first-order chi connectivity index (χ1) is 54.5. The highest BCUT2D eigenvalue weighted by molar-refractivity contribution is 8.00. The van der Waals surface area contributed by atoms with Crippen LogP contribution >= 0.6 is 11.8 Å². The molecule has 114 heavy (non-hydrogen) atoms. The third-order valence-electron chi connectivity index (χ3n) is 19.5. The predicted molar refractivity (Wildman–Crippen MR) is 428 cm³/mol. The Balaban J connectivity index is 1.27. The molecule has 24 N–H and O–H groups in total. The largest absolute Gasteiger partial charge is 0.481 e. The fourth-order valence-corrected chi connectivity index (χ4v) is 13.8. The third-order valence-corrected chi connectivity index (χ3v) is 20.6. The van der Waals surface area contributed by atoms with Crippen molar-refractivity contribution in [3.05, 3.63) is 120 Å². The van der Waals surface area contributed by atoms with E-state index in [1.165, 1.54) is 0 Å². The molecule has 0 bridgehead atoms. The molecule has 1 aliphatic heterocycles. The lowest BCUT2D eigenvalue weighted by Crippen LogP contribution is -2.61. The highest BCUT2D eigenvalue weighted by Crippen LogP contribution is 2.24. The minimum Gasteiger partial charge on any atom is -0.481 e. The van der Waals surface area contributed by atoms with Crippen LogP contribution in [0.4, 0.5) is 0 Å². The van der Waals surface area contributed by atoms with Gasteiger partial charge in [-0.15, -0.1) is 11.8 Å². The number of nitrogens with one attached hydrogen (secondary N) is 16. The first-order valence-corrected chi connectivity index (χ1v) is 39.3. The Morgan fingerprint density at radius 1 is 0.526 bits per heavy atom. The number of hydrogen-bond donors (Lipinski definition) is 21. The van der Waals surface area contributed by atoms with Crippen LogP contribution in [0.25, 0.3) is 32.6 Å². The zero-order valence-corrected chi connectivity index (χ0v) is 65.3. The molecule has 3 heterocycles. The van der Waals surface area contributed by atoms with Crippen LogP contribution in [-0.4, -0.2) is 213 Å². The number of aromatic nitrogens is 2. The van der Waals surface area contributed by atoms with E-state index < -0.39 is 192 Å². The van der Waals surface area contributed by atoms with Gasteiger partial charge in [-0.25, -0.2) is 0 Å². The highest BCUT2D eigenvalue weighted by Gasteiger charge is 2.39. The molecule has 1 fully saturated rings. The van der Waals surface area contributed by atoms with Gasteiger partial charge in [0.1, 0.15) is 66.5 Å². The van der Waals surface area contributed by atoms with Gasteiger partial charge in [-0.1, -0.05) is 133 Å². The number of carbonyl (C=O) groups excluding carboxylic acids is 13. The second-order valence-corrected chi connectivity index (χ2v) is 29.6. The van der Waals surface area contributed by atoms with Gasteiger partial charge in [0.25, 0.3) is 0 Å². The van der Waals surface area contributed by atoms with E-state index in [-0.39, 0.29) is 76.6 Å². The summed E-state index contributed by atoms with van der Waals surface area (Å²) in [5.74, 6) is -16.6. The van der Waals surface area contributed by atoms with Crippen molar-refractivity contribution in [1.82, 2.24) is 79.1 Å². The Morgan fingerprint density at radius 3 is 1.56 bits per heavy atom. The van der Waals surface area contributed by atoms with Gasteiger partial charge in [-0.2, -0.15) is 0 Å². The fourth-order valence-electron chi connectivity index (χ4n) is 13.0. The topological polar surface area (TPSA) is 569 Å². The monoisotopic (exact) mass is 1600 g/mol. The predicted octanol–water partition coefficient (Wildman–Crippen LogP) is -0.737. The zero-order chi connectivity index (χ0) is 83.1. The maximum Gasteiger partial charge on any atom is 0.305 e. The lowest BCUT2D eigenvalue weighted by atomic mass is 9.96. The summed E-state index contributed by atoms with van der Waals surface area (Å²) in [7, 11) is 0. The molecule has 1 aliphatic rings. The first kappa shape index (κ1) is 89.5. The van der Waals surface area contributed by atoms with Crippen LogP contribution in [0, 0.1) is 17.2 Å². The smallest absolute Gasteiger partial charge is 0.305 e. The van der Waals surface area contributed by atoms with E-state index in [2.05, 4.69) is 79.1 Å². The number of guanidine groups is 1. The van der Waals surface area contributed by atoms with Gasteiger partial charge >= 0.3 is 5.97 Å². The fraction of sp³-hybridized carbons (Fsp3) is 0.474. The van der Waals surface area contributed by atoms with Crippen LogP contribution < -0.4 is 86.3 Å². The van der Waals surface area contributed by atoms with E-state index in [9.17, 15) is 63.0 Å². The van der Waals surface area contributed by atoms with Gasteiger partial charge in [0.15, 0.2) is 5.96 Å². The summed E-state index contributed by atoms with van der Waals surface area (Å²) in [6.45, 7) is 6.61. The number of aliphatic carboxylic acids is 1. The van der Waals surface area contributed by atoms with Gasteiger partial charge in [-0.05, 0) is 96.5 Å². The molecule has 36 heteroatoms. The number of nitrogens with two attached hydrogens (primary N) is 3. The lowest BCUT2D eigenvalue weighted by molar-refractivity contribution is -0.141. The summed E-state index contributed by atoms with van der Waals surface area (Å²) in [6, 6.07) is 9.88. The molecule has 0 saturated carbocycles. The molecule has 0 unspecified atom stereocenters. The maximum absolute atomic E-state index is 15.1. The number of primary amides is 1. The third kappa shape index (κ3) is 27.0. The lowest BCUT2D eigenvalue weighted by Gasteiger charge is -2.29. The number of thioether (sulfide) groups is 1. The number of rotatable bonds is 24. The van der Waals surface area contributed by atoms with Crippen molar-refractivity contribution in [2.75, 3.05) is 37.7 Å². The number of H-pyrrole nitrogens is 2. The van der Waals surface area contributed by atoms with Crippen LogP contribution in [0.1, 0.15) is 116 Å². The molecule has 1 saturated heterocycles. The van der Waals surface area contributed by atoms with Crippen LogP contribution in [0.15, 0.2) is 103 Å². The average Bonchev–Trinajstić information content (AvgIpc) is 1.62. The number of unbranched alkanes of at least 4 members (excludes halogenated alkanes) is 2. The van der Waals surface area contributed by atoms with E-state index in [0.717, 1.165) is 22.5 Å². The van der Waals surface area contributed by atoms with Gasteiger partial charge in [0.2, 0.25) is 76.8 Å². The minimum absolute atomic E-state index is 0.00315. The molecule has 35 nitrogen and oxygen atoms in total. The Morgan fingerprint density at radius 2 is 1.01 bits per heavy atom. The second kappa shape index (κ2) is 44.5. The van der Waals surface area contributed by atoms with Gasteiger partial charge in [-0.3, -0.25) is 72.5 Å². The number of amides is 13. The first-order valence-electron chi connectivity index (χ1n) is 38.2. The molecule has 4 aromatic carbocycles. The number of aliphatic hydroxyl groups is 1. The number of fused-ring (bicyclic) bond motifs is 3. The highest BCUT2D eigenvalue weighted by atomic mass is 32.2. The number of aliphatic hydroxyl groups excluding tert-OH is 1. The van der Waals surface area contributed by atoms with E-state index in [4.69, 9.17) is 22.6 Å². The second-order valence-electron chi connectivity index (χ2n) is 28.6. The van der Waals surface area contributed by atoms with Crippen molar-refractivity contribution < 1.29 is 77.3 Å². The summed E-state index contributed by atoms with van der Waals surface area (Å²) < 4.78 is 0. The zero-order valence-electron chi connectivity index (χ0n) is 64.5. The molecular weight excluding hydrogens is 1490 g/mol. The van der Waals surface area contributed by atoms with Crippen molar-refractivity contribution in [3.8, 4) is 0 Å². The minimum atomic E-state index is -1.99. The Hall–Kier alpha value is -11.7. The normalized spacial score (nSPS) is 22.9. The van der Waals surface area contributed by atoms with E-state index in [1.54, 1.807) is 94.7 Å². The maximum atomic E-state index is 15.1. The summed E-state index contributed by atoms with van der Waals surface area (Å²) in [6.07, 6.45) is 2.91. The van der Waals surface area contributed by atoms with Crippen LogP contribution in [-0.2, 0) is 86.4 Å². The summed E-state index contributed by atoms with van der Waals surface area (Å²) >= 11 is 0.864. The Kier molecular flexibility index (Phi) is 35.0. The van der Waals surface area contributed by atoms with Crippen molar-refractivity contribution in [2.45, 2.75) is 185 Å². The summed E-state index contributed by atoms with van der Waals surface area (Å²) in [5.41, 5.74) is 20.3. The molecule has 2 aromatic heterocycles. The van der Waals surface area contributed by atoms with Gasteiger partial charge in [0, 0.05) is 65.8 Å². The molecule has 12 atom stereocenters. The Labute approximate surface area is 663 Å². The SMILES string of the molecule is CCCC[C@@H]1NC(=O)[C@H](Cc2c[nH]c3ccccc23)NC(=O)[C@H](CC(=O)O)NC(=O)[C@H](CCCNC(=N)N)NC(=O)CNC(=O)[C@@H](CO)NC(=O)[C@H]([C@@H](C)CC)NC(=O)[C@H](Cc2ccc3ccccc3c2)NC(=O)CSC[C@@H](C(N)=O)NC(=O)[C@H](C(C)C)NC(=O)[C@H](Cc2c[nH]c3ccccc23)NC(=O)[C@H](CCCCN)NC1=O. The number of carbonyl (C=O) groups is 14. The van der Waals surface area contributed by atoms with Gasteiger partial charge < -0.3 is 107 Å². The molecule has 0 spiro atoms. The standard InChI is InChI=1S/C78H107N19O16S/c1-6-8-22-54-70(106)89-55(25-15-16-29-79)71(107)91-58(34-48-37-85-52-24-14-12-21-50(48)52)75(111)96-65(42(3)4)76(112)95-61(67(80)103)40-114-41-63(100)88-56(32-44-27-28-45-18-9-10-19-46(45)31-44)74(110)97-66(43(5)7-2)77(113)94-60(39-98)68(104)86-38-62(99)87-53(26-17-30-83-78(81)82)69(105)93-59(35-64(101)102)73(109)92-57(72(108)90-54)33-47-36-84-51-23-13-11-20-49(47)51/h9-14,18-21,23-24,27-28,31,36-37,42-43,53-61,65-66,84-85,98H,6-8,15-17,22,25-26,29-30,32-35,38-41,79H2,1-5H3,(H2,80,103)(H,86,104)(H,87,99)(H,88,100)(H,89,106)(H,90,108)(H,91,107)(H,92,109)(H,93,105)(H,94,113)(H,95,112)(H,96,111)(H,97,110)(H,101,102)(H4,81,82,83)/t43-,53-,54-,55-,56-,57-,58-,59-,60+,61-,65-,66-/m0/s1. The van der Waals surface area contributed by atoms with Gasteiger partial charge in [0.05, 0.1) is 25.3 Å².